The molecule has 1 N–H and O–H groups in total. The normalized spacial score (nSPS) is 18.6. The molecular formula is C18H28FN3O2. The Hall–Kier alpha value is -1.50. The average Bonchev–Trinajstić information content (AvgIpc) is 2.55. The van der Waals surface area contributed by atoms with Gasteiger partial charge in [-0.05, 0) is 47.1 Å². The van der Waals surface area contributed by atoms with Crippen LogP contribution in [0.2, 0.25) is 0 Å². The molecule has 1 saturated heterocycles. The van der Waals surface area contributed by atoms with Crippen molar-refractivity contribution < 1.29 is 13.9 Å². The Kier molecular flexibility index (Phi) is 6.32. The minimum Gasteiger partial charge on any atom is -0.381 e. The lowest BCUT2D eigenvalue weighted by molar-refractivity contribution is -0.127. The molecule has 134 valence electrons. The number of hydrogen-bond donors (Lipinski definition) is 1. The highest BCUT2D eigenvalue weighted by atomic mass is 19.1. The van der Waals surface area contributed by atoms with Gasteiger partial charge in [-0.1, -0.05) is 18.2 Å². The minimum atomic E-state index is -0.648. The lowest BCUT2D eigenvalue weighted by atomic mass is 9.88. The third-order valence-electron chi connectivity index (χ3n) is 4.93. The molecular weight excluding hydrogens is 309 g/mol. The minimum absolute atomic E-state index is 0.111. The van der Waals surface area contributed by atoms with E-state index in [9.17, 15) is 9.18 Å². The number of hydrogen-bond acceptors (Lipinski definition) is 4. The van der Waals surface area contributed by atoms with Crippen molar-refractivity contribution in [1.29, 1.82) is 0 Å². The molecule has 1 aromatic rings. The van der Waals surface area contributed by atoms with E-state index in [0.717, 1.165) is 12.8 Å². The molecule has 0 aliphatic carbocycles. The molecule has 1 atom stereocenters. The molecule has 0 saturated carbocycles. The van der Waals surface area contributed by atoms with Crippen LogP contribution in [0.3, 0.4) is 0 Å². The van der Waals surface area contributed by atoms with Gasteiger partial charge < -0.3 is 15.0 Å². The summed E-state index contributed by atoms with van der Waals surface area (Å²) >= 11 is 0. The molecule has 1 fully saturated rings. The largest absolute Gasteiger partial charge is 0.381 e. The number of nitrogens with one attached hydrogen (secondary N) is 1. The molecule has 2 rings (SSSR count). The second-order valence-electron chi connectivity index (χ2n) is 6.84. The predicted molar refractivity (Wildman–Crippen MR) is 92.3 cm³/mol. The third kappa shape index (κ3) is 4.12. The van der Waals surface area contributed by atoms with E-state index in [1.807, 2.05) is 14.1 Å². The monoisotopic (exact) mass is 337 g/mol. The van der Waals surface area contributed by atoms with Crippen molar-refractivity contribution in [3.05, 3.63) is 35.6 Å². The summed E-state index contributed by atoms with van der Waals surface area (Å²) in [6.07, 6.45) is 1.74. The molecule has 0 spiro atoms. The van der Waals surface area contributed by atoms with Crippen LogP contribution in [0.1, 0.15) is 24.4 Å². The summed E-state index contributed by atoms with van der Waals surface area (Å²) in [4.78, 5) is 16.7. The summed E-state index contributed by atoms with van der Waals surface area (Å²) in [7, 11) is 7.62. The van der Waals surface area contributed by atoms with Gasteiger partial charge in [0.2, 0.25) is 5.91 Å². The van der Waals surface area contributed by atoms with Crippen molar-refractivity contribution in [2.75, 3.05) is 47.9 Å². The first-order chi connectivity index (χ1) is 11.4. The van der Waals surface area contributed by atoms with Crippen molar-refractivity contribution in [1.82, 2.24) is 15.1 Å². The average molecular weight is 337 g/mol. The highest BCUT2D eigenvalue weighted by molar-refractivity contribution is 5.83. The standard InChI is InChI=1S/C18H28FN3O2/c1-21(2)16(14-7-5-6-8-15(14)19)17(23)20-13-18(22(3)4)9-11-24-12-10-18/h5-8,16H,9-13H2,1-4H3,(H,20,23)/t16-/m1/s1. The third-order valence-corrected chi connectivity index (χ3v) is 4.93. The van der Waals surface area contributed by atoms with E-state index in [-0.39, 0.29) is 17.3 Å². The Morgan fingerprint density at radius 2 is 1.88 bits per heavy atom. The molecule has 1 aliphatic rings. The van der Waals surface area contributed by atoms with Gasteiger partial charge in [-0.25, -0.2) is 4.39 Å². The lowest BCUT2D eigenvalue weighted by Gasteiger charge is -2.43. The summed E-state index contributed by atoms with van der Waals surface area (Å²) < 4.78 is 19.6. The van der Waals surface area contributed by atoms with Crippen LogP contribution in [-0.2, 0) is 9.53 Å². The summed E-state index contributed by atoms with van der Waals surface area (Å²) in [6, 6.07) is 5.79. The summed E-state index contributed by atoms with van der Waals surface area (Å²) in [5.74, 6) is -0.544. The van der Waals surface area contributed by atoms with E-state index in [0.29, 0.717) is 25.3 Å². The van der Waals surface area contributed by atoms with Gasteiger partial charge in [0, 0.05) is 30.9 Å². The van der Waals surface area contributed by atoms with Crippen molar-refractivity contribution in [3.63, 3.8) is 0 Å². The summed E-state index contributed by atoms with van der Waals surface area (Å²) in [5, 5.41) is 3.04. The van der Waals surface area contributed by atoms with Crippen molar-refractivity contribution in [3.8, 4) is 0 Å². The van der Waals surface area contributed by atoms with Gasteiger partial charge in [0.25, 0.3) is 0 Å². The first-order valence-corrected chi connectivity index (χ1v) is 8.31. The second-order valence-corrected chi connectivity index (χ2v) is 6.84. The maximum Gasteiger partial charge on any atom is 0.242 e. The molecule has 6 heteroatoms. The molecule has 1 heterocycles. The summed E-state index contributed by atoms with van der Waals surface area (Å²) in [5.41, 5.74) is 0.283. The topological polar surface area (TPSA) is 44.8 Å². The Morgan fingerprint density at radius 3 is 2.42 bits per heavy atom. The fraction of sp³-hybridized carbons (Fsp3) is 0.611. The van der Waals surface area contributed by atoms with Gasteiger partial charge in [-0.3, -0.25) is 9.69 Å². The van der Waals surface area contributed by atoms with Crippen LogP contribution in [-0.4, -0.2) is 69.2 Å². The van der Waals surface area contributed by atoms with Crippen LogP contribution >= 0.6 is 0 Å². The van der Waals surface area contributed by atoms with E-state index in [2.05, 4.69) is 10.2 Å². The van der Waals surface area contributed by atoms with Gasteiger partial charge in [-0.15, -0.1) is 0 Å². The Morgan fingerprint density at radius 1 is 1.25 bits per heavy atom. The van der Waals surface area contributed by atoms with Crippen LogP contribution in [0.25, 0.3) is 0 Å². The molecule has 0 radical (unpaired) electrons. The van der Waals surface area contributed by atoms with E-state index >= 15 is 0 Å². The molecule has 0 unspecified atom stereocenters. The molecule has 0 aromatic heterocycles. The lowest BCUT2D eigenvalue weighted by Crippen LogP contribution is -2.56. The van der Waals surface area contributed by atoms with Crippen LogP contribution < -0.4 is 5.32 Å². The van der Waals surface area contributed by atoms with Gasteiger partial charge in [0.05, 0.1) is 0 Å². The molecule has 1 amide bonds. The molecule has 1 aromatic carbocycles. The molecule has 1 aliphatic heterocycles. The maximum absolute atomic E-state index is 14.1. The quantitative estimate of drug-likeness (QED) is 0.857. The molecule has 0 bridgehead atoms. The zero-order valence-corrected chi connectivity index (χ0v) is 15.0. The number of amides is 1. The zero-order valence-electron chi connectivity index (χ0n) is 15.0. The first kappa shape index (κ1) is 18.8. The number of carbonyl (C=O) groups excluding carboxylic acids is 1. The number of carbonyl (C=O) groups is 1. The van der Waals surface area contributed by atoms with Crippen LogP contribution in [0.15, 0.2) is 24.3 Å². The number of benzene rings is 1. The molecule has 5 nitrogen and oxygen atoms in total. The summed E-state index contributed by atoms with van der Waals surface area (Å²) in [6.45, 7) is 1.91. The fourth-order valence-corrected chi connectivity index (χ4v) is 3.23. The van der Waals surface area contributed by atoms with Crippen molar-refractivity contribution in [2.45, 2.75) is 24.4 Å². The van der Waals surface area contributed by atoms with Gasteiger partial charge >= 0.3 is 0 Å². The SMILES string of the molecule is CN(C)[C@@H](C(=O)NCC1(N(C)C)CCOCC1)c1ccccc1F. The smallest absolute Gasteiger partial charge is 0.242 e. The van der Waals surface area contributed by atoms with Gasteiger partial charge in [0.15, 0.2) is 0 Å². The Bertz CT molecular complexity index is 557. The molecule has 24 heavy (non-hydrogen) atoms. The van der Waals surface area contributed by atoms with Crippen LogP contribution in [0.5, 0.6) is 0 Å². The number of likely N-dealkylation sites (N-methyl/N-ethyl adjacent to an activating group) is 2. The maximum atomic E-state index is 14.1. The van der Waals surface area contributed by atoms with Gasteiger partial charge in [-0.2, -0.15) is 0 Å². The first-order valence-electron chi connectivity index (χ1n) is 8.31. The zero-order chi connectivity index (χ0) is 17.7. The Labute approximate surface area is 143 Å². The highest BCUT2D eigenvalue weighted by Gasteiger charge is 2.36. The number of nitrogens with zero attached hydrogens (tertiary/aromatic N) is 2. The number of rotatable bonds is 6. The van der Waals surface area contributed by atoms with E-state index < -0.39 is 6.04 Å². The van der Waals surface area contributed by atoms with Crippen molar-refractivity contribution in [2.24, 2.45) is 0 Å². The van der Waals surface area contributed by atoms with Crippen molar-refractivity contribution >= 4 is 5.91 Å². The Balaban J connectivity index is 2.12. The number of ether oxygens (including phenoxy) is 1. The van der Waals surface area contributed by atoms with Crippen LogP contribution in [0, 0.1) is 5.82 Å². The van der Waals surface area contributed by atoms with Crippen LogP contribution in [0.4, 0.5) is 4.39 Å². The van der Waals surface area contributed by atoms with E-state index in [1.165, 1.54) is 6.07 Å². The second kappa shape index (κ2) is 8.05. The highest BCUT2D eigenvalue weighted by Crippen LogP contribution is 2.26. The van der Waals surface area contributed by atoms with Gasteiger partial charge in [0.1, 0.15) is 11.9 Å². The van der Waals surface area contributed by atoms with E-state index in [1.54, 1.807) is 37.2 Å². The predicted octanol–water partition coefficient (Wildman–Crippen LogP) is 1.66. The number of halogens is 1. The fourth-order valence-electron chi connectivity index (χ4n) is 3.23. The van der Waals surface area contributed by atoms with E-state index in [4.69, 9.17) is 4.74 Å².